The molecular weight excluding hydrogens is 260 g/mol. The highest BCUT2D eigenvalue weighted by atomic mass is 32.2. The van der Waals surface area contributed by atoms with E-state index >= 15 is 0 Å². The predicted molar refractivity (Wildman–Crippen MR) is 81.9 cm³/mol. The lowest BCUT2D eigenvalue weighted by Crippen LogP contribution is -1.80. The molecule has 1 nitrogen and oxygen atoms in total. The highest BCUT2D eigenvalue weighted by Gasteiger charge is 1.99. The minimum Gasteiger partial charge on any atom is -0.288 e. The van der Waals surface area contributed by atoms with Crippen LogP contribution in [0.25, 0.3) is 17.2 Å². The average molecular weight is 274 g/mol. The van der Waals surface area contributed by atoms with Crippen molar-refractivity contribution in [2.24, 2.45) is 0 Å². The molecule has 0 fully saturated rings. The number of benzene rings is 1. The molecule has 1 heterocycles. The number of thioether (sulfide) groups is 1. The first-order valence-electron chi connectivity index (χ1n) is 5.69. The summed E-state index contributed by atoms with van der Waals surface area (Å²) in [5.74, 6) is 0.744. The molecule has 0 bridgehead atoms. The van der Waals surface area contributed by atoms with Gasteiger partial charge < -0.3 is 0 Å². The molecule has 92 valence electrons. The van der Waals surface area contributed by atoms with Crippen molar-refractivity contribution >= 4 is 34.3 Å². The largest absolute Gasteiger partial charge is 0.288 e. The van der Waals surface area contributed by atoms with Crippen LogP contribution >= 0.6 is 23.1 Å². The Hall–Kier alpha value is -1.32. The third kappa shape index (κ3) is 3.86. The molecule has 0 amide bonds. The second-order valence-electron chi connectivity index (χ2n) is 3.81. The van der Waals surface area contributed by atoms with Gasteiger partial charge in [0.15, 0.2) is 5.12 Å². The van der Waals surface area contributed by atoms with Crippen molar-refractivity contribution in [2.45, 2.75) is 6.92 Å². The Labute approximate surface area is 116 Å². The van der Waals surface area contributed by atoms with Gasteiger partial charge in [0.2, 0.25) is 0 Å². The molecule has 0 radical (unpaired) electrons. The summed E-state index contributed by atoms with van der Waals surface area (Å²) < 4.78 is 0. The maximum absolute atomic E-state index is 10.8. The zero-order valence-corrected chi connectivity index (χ0v) is 11.8. The quantitative estimate of drug-likeness (QED) is 0.803. The van der Waals surface area contributed by atoms with Crippen molar-refractivity contribution < 1.29 is 4.79 Å². The molecule has 1 aromatic carbocycles. The fourth-order valence-electron chi connectivity index (χ4n) is 1.55. The molecule has 0 aliphatic rings. The molecule has 2 rings (SSSR count). The van der Waals surface area contributed by atoms with Crippen LogP contribution in [0.5, 0.6) is 0 Å². The molecule has 0 spiro atoms. The normalized spacial score (nSPS) is 10.9. The summed E-state index contributed by atoms with van der Waals surface area (Å²) in [5.41, 5.74) is 2.49. The van der Waals surface area contributed by atoms with Gasteiger partial charge in [-0.15, -0.1) is 11.3 Å². The Morgan fingerprint density at radius 2 is 2.06 bits per heavy atom. The third-order valence-electron chi connectivity index (χ3n) is 2.39. The van der Waals surface area contributed by atoms with Gasteiger partial charge in [-0.2, -0.15) is 0 Å². The minimum absolute atomic E-state index is 0.163. The van der Waals surface area contributed by atoms with Crippen molar-refractivity contribution in [1.29, 1.82) is 0 Å². The van der Waals surface area contributed by atoms with Crippen molar-refractivity contribution in [3.63, 3.8) is 0 Å². The highest BCUT2D eigenvalue weighted by Crippen LogP contribution is 2.26. The molecule has 0 unspecified atom stereocenters. The number of carbonyl (C=O) groups is 1. The smallest absolute Gasteiger partial charge is 0.186 e. The Kier molecular flexibility index (Phi) is 4.79. The molecule has 3 heteroatoms. The SMILES string of the molecule is CC(=O)SCC=Cc1cc(-c2ccccc2)cs1. The van der Waals surface area contributed by atoms with Gasteiger partial charge in [0, 0.05) is 17.6 Å². The lowest BCUT2D eigenvalue weighted by Gasteiger charge is -1.94. The zero-order valence-electron chi connectivity index (χ0n) is 10.1. The van der Waals surface area contributed by atoms with E-state index in [1.54, 1.807) is 18.3 Å². The van der Waals surface area contributed by atoms with Gasteiger partial charge in [-0.3, -0.25) is 4.79 Å². The molecule has 2 aromatic rings. The predicted octanol–water partition coefficient (Wildman–Crippen LogP) is 4.71. The number of rotatable bonds is 4. The van der Waals surface area contributed by atoms with Gasteiger partial charge in [-0.1, -0.05) is 48.2 Å². The molecule has 0 atom stereocenters. The van der Waals surface area contributed by atoms with Crippen molar-refractivity contribution in [2.75, 3.05) is 5.75 Å². The highest BCUT2D eigenvalue weighted by molar-refractivity contribution is 8.13. The molecule has 0 aliphatic carbocycles. The molecule has 0 saturated heterocycles. The first kappa shape index (κ1) is 13.1. The van der Waals surface area contributed by atoms with Crippen LogP contribution in [0, 0.1) is 0 Å². The number of thiophene rings is 1. The summed E-state index contributed by atoms with van der Waals surface area (Å²) in [6, 6.07) is 12.5. The number of carbonyl (C=O) groups excluding carboxylic acids is 1. The summed E-state index contributed by atoms with van der Waals surface area (Å²) in [7, 11) is 0. The van der Waals surface area contributed by atoms with Crippen LogP contribution in [0.1, 0.15) is 11.8 Å². The third-order valence-corrected chi connectivity index (χ3v) is 4.06. The van der Waals surface area contributed by atoms with Crippen LogP contribution in [-0.2, 0) is 4.79 Å². The Morgan fingerprint density at radius 1 is 1.28 bits per heavy atom. The Balaban J connectivity index is 2.00. The van der Waals surface area contributed by atoms with E-state index in [4.69, 9.17) is 0 Å². The van der Waals surface area contributed by atoms with Crippen LogP contribution in [-0.4, -0.2) is 10.9 Å². The van der Waals surface area contributed by atoms with E-state index in [1.165, 1.54) is 27.8 Å². The summed E-state index contributed by atoms with van der Waals surface area (Å²) in [4.78, 5) is 12.0. The number of hydrogen-bond acceptors (Lipinski definition) is 3. The fourth-order valence-corrected chi connectivity index (χ4v) is 2.82. The van der Waals surface area contributed by atoms with Crippen molar-refractivity contribution in [1.82, 2.24) is 0 Å². The summed E-state index contributed by atoms with van der Waals surface area (Å²) >= 11 is 3.05. The van der Waals surface area contributed by atoms with Crippen LogP contribution < -0.4 is 0 Å². The molecule has 1 aromatic heterocycles. The van der Waals surface area contributed by atoms with Gasteiger partial charge in [-0.05, 0) is 28.6 Å². The first-order valence-corrected chi connectivity index (χ1v) is 7.56. The first-order chi connectivity index (χ1) is 8.75. The van der Waals surface area contributed by atoms with Crippen LogP contribution in [0.15, 0.2) is 47.9 Å². The van der Waals surface area contributed by atoms with E-state index in [1.807, 2.05) is 24.3 Å². The monoisotopic (exact) mass is 274 g/mol. The van der Waals surface area contributed by atoms with Crippen molar-refractivity contribution in [3.8, 4) is 11.1 Å². The van der Waals surface area contributed by atoms with E-state index in [0.29, 0.717) is 0 Å². The van der Waals surface area contributed by atoms with E-state index in [0.717, 1.165) is 5.75 Å². The summed E-state index contributed by atoms with van der Waals surface area (Å²) in [6.45, 7) is 1.59. The van der Waals surface area contributed by atoms with Crippen LogP contribution in [0.3, 0.4) is 0 Å². The molecule has 18 heavy (non-hydrogen) atoms. The molecular formula is C15H14OS2. The van der Waals surface area contributed by atoms with E-state index in [2.05, 4.69) is 29.7 Å². The second-order valence-corrected chi connectivity index (χ2v) is 5.95. The van der Waals surface area contributed by atoms with Gasteiger partial charge in [0.1, 0.15) is 0 Å². The lowest BCUT2D eigenvalue weighted by atomic mass is 10.1. The average Bonchev–Trinajstić information content (AvgIpc) is 2.84. The number of hydrogen-bond donors (Lipinski definition) is 0. The minimum atomic E-state index is 0.163. The van der Waals surface area contributed by atoms with Crippen LogP contribution in [0.2, 0.25) is 0 Å². The Morgan fingerprint density at radius 3 is 2.78 bits per heavy atom. The van der Waals surface area contributed by atoms with E-state index in [-0.39, 0.29) is 5.12 Å². The Bertz CT molecular complexity index is 541. The molecule has 0 saturated carbocycles. The summed E-state index contributed by atoms with van der Waals surface area (Å²) in [6.07, 6.45) is 4.11. The van der Waals surface area contributed by atoms with Gasteiger partial charge >= 0.3 is 0 Å². The van der Waals surface area contributed by atoms with E-state index < -0.39 is 0 Å². The van der Waals surface area contributed by atoms with Crippen molar-refractivity contribution in [3.05, 3.63) is 52.7 Å². The standard InChI is InChI=1S/C15H14OS2/c1-12(16)17-9-5-8-15-10-14(11-18-15)13-6-3-2-4-7-13/h2-8,10-11H,9H2,1H3. The van der Waals surface area contributed by atoms with Gasteiger partial charge in [0.05, 0.1) is 0 Å². The molecule has 0 N–H and O–H groups in total. The fraction of sp³-hybridized carbons (Fsp3) is 0.133. The second kappa shape index (κ2) is 6.57. The zero-order chi connectivity index (χ0) is 12.8. The lowest BCUT2D eigenvalue weighted by molar-refractivity contribution is -0.109. The van der Waals surface area contributed by atoms with Gasteiger partial charge in [0.25, 0.3) is 0 Å². The topological polar surface area (TPSA) is 17.1 Å². The van der Waals surface area contributed by atoms with Crippen LogP contribution in [0.4, 0.5) is 0 Å². The maximum Gasteiger partial charge on any atom is 0.186 e. The van der Waals surface area contributed by atoms with Gasteiger partial charge in [-0.25, -0.2) is 0 Å². The van der Waals surface area contributed by atoms with E-state index in [9.17, 15) is 4.79 Å². The molecule has 0 aliphatic heterocycles. The maximum atomic E-state index is 10.8. The summed E-state index contributed by atoms with van der Waals surface area (Å²) in [5, 5.41) is 2.32.